The van der Waals surface area contributed by atoms with E-state index in [2.05, 4.69) is 9.47 Å². The van der Waals surface area contributed by atoms with Crippen LogP contribution in [0.1, 0.15) is 6.42 Å². The number of ether oxygens (including phenoxy) is 2. The van der Waals surface area contributed by atoms with Crippen LogP contribution in [0.5, 0.6) is 11.5 Å². The fraction of sp³-hybridized carbons (Fsp3) is 0.182. The Labute approximate surface area is 100 Å². The maximum absolute atomic E-state index is 13.2. The zero-order valence-electron chi connectivity index (χ0n) is 9.24. The first kappa shape index (κ1) is 13.8. The van der Waals surface area contributed by atoms with Crippen LogP contribution in [-0.4, -0.2) is 25.1 Å². The van der Waals surface area contributed by atoms with E-state index in [4.69, 9.17) is 0 Å². The minimum Gasteiger partial charge on any atom is -0.491 e. The molecule has 0 unspecified atom stereocenters. The average molecular weight is 258 g/mol. The van der Waals surface area contributed by atoms with E-state index in [0.29, 0.717) is 12.1 Å². The molecule has 0 aliphatic rings. The lowest BCUT2D eigenvalue weighted by Gasteiger charge is -2.06. The number of esters is 1. The molecule has 0 radical (unpaired) electrons. The van der Waals surface area contributed by atoms with Gasteiger partial charge in [-0.2, -0.15) is 0 Å². The molecule has 0 N–H and O–H groups in total. The standard InChI is InChI=1S/C11H8F2O5/c1-17-10-7(12)4-6(5-8(10)13)18-11(16)9(15)2-3-14/h3-5H,2H2,1H3. The maximum Gasteiger partial charge on any atom is 0.380 e. The van der Waals surface area contributed by atoms with Crippen LogP contribution < -0.4 is 9.47 Å². The Kier molecular flexibility index (Phi) is 4.47. The van der Waals surface area contributed by atoms with Crippen molar-refractivity contribution in [2.75, 3.05) is 7.11 Å². The average Bonchev–Trinajstić information content (AvgIpc) is 2.28. The highest BCUT2D eigenvalue weighted by molar-refractivity contribution is 6.36. The summed E-state index contributed by atoms with van der Waals surface area (Å²) in [5.74, 6) is -5.76. The zero-order valence-corrected chi connectivity index (χ0v) is 9.24. The molecule has 0 atom stereocenters. The molecule has 0 spiro atoms. The Morgan fingerprint density at radius 2 is 1.83 bits per heavy atom. The third kappa shape index (κ3) is 3.09. The molecular weight excluding hydrogens is 250 g/mol. The molecule has 0 amide bonds. The van der Waals surface area contributed by atoms with Crippen molar-refractivity contribution in [2.24, 2.45) is 0 Å². The van der Waals surface area contributed by atoms with Crippen molar-refractivity contribution in [3.63, 3.8) is 0 Å². The number of hydrogen-bond donors (Lipinski definition) is 0. The van der Waals surface area contributed by atoms with Crippen LogP contribution in [-0.2, 0) is 14.4 Å². The van der Waals surface area contributed by atoms with E-state index in [1.165, 1.54) is 0 Å². The van der Waals surface area contributed by atoms with Crippen LogP contribution in [0.4, 0.5) is 8.78 Å². The predicted octanol–water partition coefficient (Wildman–Crippen LogP) is 1.04. The number of Topliss-reactive ketones (excluding diaryl/α,β-unsaturated/α-hetero) is 1. The lowest BCUT2D eigenvalue weighted by atomic mass is 10.3. The van der Waals surface area contributed by atoms with Gasteiger partial charge in [0.05, 0.1) is 13.5 Å². The Morgan fingerprint density at radius 1 is 1.28 bits per heavy atom. The van der Waals surface area contributed by atoms with Gasteiger partial charge in [0.1, 0.15) is 12.0 Å². The van der Waals surface area contributed by atoms with Crippen molar-refractivity contribution >= 4 is 18.0 Å². The van der Waals surface area contributed by atoms with E-state index in [0.717, 1.165) is 7.11 Å². The summed E-state index contributed by atoms with van der Waals surface area (Å²) < 4.78 is 35.3. The molecule has 0 aliphatic carbocycles. The number of hydrogen-bond acceptors (Lipinski definition) is 5. The fourth-order valence-electron chi connectivity index (χ4n) is 1.11. The molecule has 0 aromatic heterocycles. The van der Waals surface area contributed by atoms with Crippen molar-refractivity contribution in [2.45, 2.75) is 6.42 Å². The highest BCUT2D eigenvalue weighted by atomic mass is 19.1. The smallest absolute Gasteiger partial charge is 0.380 e. The minimum atomic E-state index is -1.37. The molecule has 7 heteroatoms. The molecule has 0 saturated carbocycles. The summed E-state index contributed by atoms with van der Waals surface area (Å²) in [6.45, 7) is 0. The first-order valence-electron chi connectivity index (χ1n) is 4.71. The lowest BCUT2D eigenvalue weighted by Crippen LogP contribution is -2.20. The second kappa shape index (κ2) is 5.85. The van der Waals surface area contributed by atoms with Gasteiger partial charge in [0.2, 0.25) is 5.78 Å². The van der Waals surface area contributed by atoms with Crippen molar-refractivity contribution in [1.82, 2.24) is 0 Å². The Bertz CT molecular complexity index is 475. The molecule has 0 fully saturated rings. The largest absolute Gasteiger partial charge is 0.491 e. The van der Waals surface area contributed by atoms with Crippen LogP contribution in [0.3, 0.4) is 0 Å². The highest BCUT2D eigenvalue weighted by Crippen LogP contribution is 2.26. The van der Waals surface area contributed by atoms with Gasteiger partial charge in [-0.3, -0.25) is 4.79 Å². The molecule has 5 nitrogen and oxygen atoms in total. The van der Waals surface area contributed by atoms with E-state index in [9.17, 15) is 23.2 Å². The molecule has 1 rings (SSSR count). The summed E-state index contributed by atoms with van der Waals surface area (Å²) >= 11 is 0. The van der Waals surface area contributed by atoms with Gasteiger partial charge in [0.25, 0.3) is 0 Å². The van der Waals surface area contributed by atoms with E-state index in [-0.39, 0.29) is 6.29 Å². The van der Waals surface area contributed by atoms with E-state index in [1.54, 1.807) is 0 Å². The molecule has 0 bridgehead atoms. The van der Waals surface area contributed by atoms with E-state index >= 15 is 0 Å². The van der Waals surface area contributed by atoms with Crippen LogP contribution in [0.25, 0.3) is 0 Å². The summed E-state index contributed by atoms with van der Waals surface area (Å²) in [5.41, 5.74) is 0. The number of carbonyl (C=O) groups is 3. The number of benzene rings is 1. The monoisotopic (exact) mass is 258 g/mol. The minimum absolute atomic E-state index is 0.221. The summed E-state index contributed by atoms with van der Waals surface area (Å²) in [6, 6.07) is 1.38. The molecule has 0 saturated heterocycles. The van der Waals surface area contributed by atoms with E-state index in [1.807, 2.05) is 0 Å². The Hall–Kier alpha value is -2.31. The predicted molar refractivity (Wildman–Crippen MR) is 54.2 cm³/mol. The number of aldehydes is 1. The van der Waals surface area contributed by atoms with Crippen molar-refractivity contribution in [3.05, 3.63) is 23.8 Å². The van der Waals surface area contributed by atoms with Crippen LogP contribution in [0, 0.1) is 11.6 Å². The van der Waals surface area contributed by atoms with Gasteiger partial charge >= 0.3 is 5.97 Å². The number of halogens is 2. The summed E-state index contributed by atoms with van der Waals surface area (Å²) in [7, 11) is 1.07. The van der Waals surface area contributed by atoms with Crippen molar-refractivity contribution in [3.8, 4) is 11.5 Å². The molecule has 1 aromatic carbocycles. The quantitative estimate of drug-likeness (QED) is 0.259. The van der Waals surface area contributed by atoms with Crippen molar-refractivity contribution < 1.29 is 32.6 Å². The van der Waals surface area contributed by atoms with Gasteiger partial charge in [-0.1, -0.05) is 0 Å². The van der Waals surface area contributed by atoms with E-state index < -0.39 is 41.3 Å². The lowest BCUT2D eigenvalue weighted by molar-refractivity contribution is -0.147. The molecule has 18 heavy (non-hydrogen) atoms. The van der Waals surface area contributed by atoms with Crippen LogP contribution in [0.2, 0.25) is 0 Å². The van der Waals surface area contributed by atoms with Crippen LogP contribution >= 0.6 is 0 Å². The third-order valence-corrected chi connectivity index (χ3v) is 1.88. The third-order valence-electron chi connectivity index (χ3n) is 1.88. The SMILES string of the molecule is COc1c(F)cc(OC(=O)C(=O)CC=O)cc1F. The number of methoxy groups -OCH3 is 1. The second-order valence-electron chi connectivity index (χ2n) is 3.10. The van der Waals surface area contributed by atoms with Gasteiger partial charge < -0.3 is 14.3 Å². The summed E-state index contributed by atoms with van der Waals surface area (Å²) in [4.78, 5) is 32.0. The van der Waals surface area contributed by atoms with Crippen LogP contribution in [0.15, 0.2) is 12.1 Å². The summed E-state index contributed by atoms with van der Waals surface area (Å²) in [6.07, 6.45) is -0.432. The second-order valence-corrected chi connectivity index (χ2v) is 3.10. The zero-order chi connectivity index (χ0) is 13.7. The Morgan fingerprint density at radius 3 is 2.28 bits per heavy atom. The first-order chi connectivity index (χ1) is 8.49. The molecule has 0 aliphatic heterocycles. The fourth-order valence-corrected chi connectivity index (χ4v) is 1.11. The molecule has 0 heterocycles. The number of ketones is 1. The highest BCUT2D eigenvalue weighted by Gasteiger charge is 2.18. The molecular formula is C11H8F2O5. The van der Waals surface area contributed by atoms with Crippen molar-refractivity contribution in [1.29, 1.82) is 0 Å². The molecule has 96 valence electrons. The normalized spacial score (nSPS) is 9.72. The van der Waals surface area contributed by atoms with Gasteiger partial charge in [-0.25, -0.2) is 13.6 Å². The van der Waals surface area contributed by atoms with Gasteiger partial charge in [-0.15, -0.1) is 0 Å². The van der Waals surface area contributed by atoms with Gasteiger partial charge in [0, 0.05) is 12.1 Å². The van der Waals surface area contributed by atoms with Gasteiger partial charge in [0.15, 0.2) is 17.4 Å². The maximum atomic E-state index is 13.2. The Balaban J connectivity index is 2.89. The first-order valence-corrected chi connectivity index (χ1v) is 4.71. The number of rotatable bonds is 5. The summed E-state index contributed by atoms with van der Waals surface area (Å²) in [5, 5.41) is 0. The van der Waals surface area contributed by atoms with Gasteiger partial charge in [-0.05, 0) is 0 Å². The molecule has 1 aromatic rings. The topological polar surface area (TPSA) is 69.7 Å². The number of carbonyl (C=O) groups excluding carboxylic acids is 3.